The van der Waals surface area contributed by atoms with E-state index in [-0.39, 0.29) is 0 Å². The van der Waals surface area contributed by atoms with Crippen LogP contribution in [0.15, 0.2) is 0 Å². The van der Waals surface area contributed by atoms with Crippen molar-refractivity contribution in [2.24, 2.45) is 0 Å². The number of ether oxygens (including phenoxy) is 1. The summed E-state index contributed by atoms with van der Waals surface area (Å²) >= 11 is 0. The maximum Gasteiger partial charge on any atom is 0.165 e. The van der Waals surface area contributed by atoms with Gasteiger partial charge < -0.3 is 4.74 Å². The van der Waals surface area contributed by atoms with E-state index in [4.69, 9.17) is 4.74 Å². The minimum atomic E-state index is 0.851. The highest BCUT2D eigenvalue weighted by Crippen LogP contribution is 1.84. The molecule has 0 N–H and O–H groups in total. The zero-order chi connectivity index (χ0) is 5.11. The van der Waals surface area contributed by atoms with Crippen LogP contribution in [0.4, 0.5) is 0 Å². The number of hydrogen-bond acceptors (Lipinski definition) is 1. The topological polar surface area (TPSA) is 12.2 Å². The van der Waals surface area contributed by atoms with Crippen LogP contribution in [0.25, 0.3) is 0 Å². The summed E-state index contributed by atoms with van der Waals surface area (Å²) in [6.07, 6.45) is 0. The highest BCUT2D eigenvalue weighted by Gasteiger charge is 2.05. The van der Waals surface area contributed by atoms with Crippen LogP contribution in [0.1, 0.15) is 0 Å². The first-order chi connectivity index (χ1) is 3.39. The molecule has 0 aromatic rings. The Morgan fingerprint density at radius 3 is 2.14 bits per heavy atom. The summed E-state index contributed by atoms with van der Waals surface area (Å²) in [5.74, 6) is 0. The Balaban J connectivity index is 2.25. The van der Waals surface area contributed by atoms with E-state index in [1.807, 2.05) is 4.58 Å². The molecule has 0 unspecified atom stereocenters. The lowest BCUT2D eigenvalue weighted by molar-refractivity contribution is -0.541. The minimum Gasteiger partial charge on any atom is -0.368 e. The van der Waals surface area contributed by atoms with Crippen molar-refractivity contribution in [3.05, 3.63) is 0 Å². The van der Waals surface area contributed by atoms with Gasteiger partial charge in [0.25, 0.3) is 0 Å². The molecule has 0 radical (unpaired) electrons. The van der Waals surface area contributed by atoms with Crippen molar-refractivity contribution in [1.82, 2.24) is 0 Å². The van der Waals surface area contributed by atoms with Crippen molar-refractivity contribution in [3.63, 3.8) is 0 Å². The highest BCUT2D eigenvalue weighted by atomic mass is 16.5. The SMILES string of the molecule is C=[N+]1CCOCC1. The minimum absolute atomic E-state index is 0.851. The molecule has 0 saturated carbocycles. The summed E-state index contributed by atoms with van der Waals surface area (Å²) in [5.41, 5.74) is 0. The standard InChI is InChI=1S/C5H10NO/c1-6-2-4-7-5-3-6/h1-5H2/q+1. The third-order valence-corrected chi connectivity index (χ3v) is 1.10. The normalized spacial score (nSPS) is 22.6. The number of morpholine rings is 1. The predicted molar refractivity (Wildman–Crippen MR) is 27.9 cm³/mol. The van der Waals surface area contributed by atoms with Gasteiger partial charge in [-0.25, -0.2) is 4.58 Å². The molecule has 1 aliphatic rings. The van der Waals surface area contributed by atoms with Gasteiger partial charge in [0.15, 0.2) is 13.1 Å². The second-order valence-corrected chi connectivity index (χ2v) is 1.73. The van der Waals surface area contributed by atoms with Gasteiger partial charge in [-0.1, -0.05) is 0 Å². The van der Waals surface area contributed by atoms with E-state index in [9.17, 15) is 0 Å². The second kappa shape index (κ2) is 2.07. The molecule has 0 amide bonds. The van der Waals surface area contributed by atoms with Gasteiger partial charge in [-0.05, 0) is 0 Å². The molecule has 1 heterocycles. The molecule has 40 valence electrons. The van der Waals surface area contributed by atoms with Crippen molar-refractivity contribution in [1.29, 1.82) is 0 Å². The Morgan fingerprint density at radius 2 is 1.86 bits per heavy atom. The quantitative estimate of drug-likeness (QED) is 0.382. The molecule has 0 aliphatic carbocycles. The fraction of sp³-hybridized carbons (Fsp3) is 0.800. The Kier molecular flexibility index (Phi) is 1.42. The van der Waals surface area contributed by atoms with Gasteiger partial charge >= 0.3 is 0 Å². The Hall–Kier alpha value is -0.370. The molecule has 0 aromatic heterocycles. The van der Waals surface area contributed by atoms with E-state index in [0.29, 0.717) is 0 Å². The van der Waals surface area contributed by atoms with Gasteiger partial charge in [0.2, 0.25) is 0 Å². The molecule has 0 spiro atoms. The monoisotopic (exact) mass is 100 g/mol. The van der Waals surface area contributed by atoms with Gasteiger partial charge in [0.1, 0.15) is 19.9 Å². The van der Waals surface area contributed by atoms with Gasteiger partial charge in [-0.15, -0.1) is 0 Å². The summed E-state index contributed by atoms with van der Waals surface area (Å²) in [7, 11) is 0. The second-order valence-electron chi connectivity index (χ2n) is 1.73. The molecule has 0 bridgehead atoms. The number of rotatable bonds is 0. The summed E-state index contributed by atoms with van der Waals surface area (Å²) in [5, 5.41) is 0. The van der Waals surface area contributed by atoms with Crippen molar-refractivity contribution in [2.75, 3.05) is 26.3 Å². The first-order valence-electron chi connectivity index (χ1n) is 2.53. The smallest absolute Gasteiger partial charge is 0.165 e. The molecular weight excluding hydrogens is 90.1 g/mol. The van der Waals surface area contributed by atoms with Crippen LogP contribution in [-0.4, -0.2) is 37.6 Å². The Morgan fingerprint density at radius 1 is 1.29 bits per heavy atom. The van der Waals surface area contributed by atoms with Crippen molar-refractivity contribution < 1.29 is 9.31 Å². The van der Waals surface area contributed by atoms with Gasteiger partial charge in [0, 0.05) is 0 Å². The fourth-order valence-electron chi connectivity index (χ4n) is 0.601. The Bertz CT molecular complexity index is 72.1. The maximum atomic E-state index is 5.06. The van der Waals surface area contributed by atoms with Crippen LogP contribution < -0.4 is 0 Å². The van der Waals surface area contributed by atoms with Crippen molar-refractivity contribution in [3.8, 4) is 0 Å². The summed E-state index contributed by atoms with van der Waals surface area (Å²) < 4.78 is 7.08. The number of hydrogen-bond donors (Lipinski definition) is 0. The van der Waals surface area contributed by atoms with Crippen LogP contribution in [0.3, 0.4) is 0 Å². The lowest BCUT2D eigenvalue weighted by Crippen LogP contribution is -2.26. The average Bonchev–Trinajstić information content (AvgIpc) is 1.69. The predicted octanol–water partition coefficient (Wildman–Crippen LogP) is -0.270. The van der Waals surface area contributed by atoms with E-state index in [0.717, 1.165) is 26.3 Å². The van der Waals surface area contributed by atoms with Crippen molar-refractivity contribution >= 4 is 6.72 Å². The van der Waals surface area contributed by atoms with Gasteiger partial charge in [-0.3, -0.25) is 0 Å². The molecule has 1 saturated heterocycles. The van der Waals surface area contributed by atoms with Crippen molar-refractivity contribution in [2.45, 2.75) is 0 Å². The molecule has 1 fully saturated rings. The van der Waals surface area contributed by atoms with E-state index in [1.165, 1.54) is 0 Å². The van der Waals surface area contributed by atoms with E-state index >= 15 is 0 Å². The van der Waals surface area contributed by atoms with E-state index in [1.54, 1.807) is 0 Å². The molecule has 0 aromatic carbocycles. The molecular formula is C5H10NO+. The highest BCUT2D eigenvalue weighted by molar-refractivity contribution is 5.14. The molecule has 2 heteroatoms. The van der Waals surface area contributed by atoms with Crippen LogP contribution in [-0.2, 0) is 4.74 Å². The van der Waals surface area contributed by atoms with Gasteiger partial charge in [-0.2, -0.15) is 0 Å². The van der Waals surface area contributed by atoms with E-state index < -0.39 is 0 Å². The zero-order valence-electron chi connectivity index (χ0n) is 4.39. The van der Waals surface area contributed by atoms with E-state index in [2.05, 4.69) is 6.72 Å². The molecule has 2 nitrogen and oxygen atoms in total. The fourth-order valence-corrected chi connectivity index (χ4v) is 0.601. The van der Waals surface area contributed by atoms with Gasteiger partial charge in [0.05, 0.1) is 0 Å². The first-order valence-corrected chi connectivity index (χ1v) is 2.53. The molecule has 0 atom stereocenters. The lowest BCUT2D eigenvalue weighted by Gasteiger charge is -2.07. The zero-order valence-corrected chi connectivity index (χ0v) is 4.39. The lowest BCUT2D eigenvalue weighted by atomic mass is 10.5. The van der Waals surface area contributed by atoms with Crippen LogP contribution in [0.2, 0.25) is 0 Å². The molecule has 7 heavy (non-hydrogen) atoms. The van der Waals surface area contributed by atoms with Crippen LogP contribution in [0.5, 0.6) is 0 Å². The largest absolute Gasteiger partial charge is 0.368 e. The average molecular weight is 100 g/mol. The first kappa shape index (κ1) is 4.78. The van der Waals surface area contributed by atoms with Crippen LogP contribution >= 0.6 is 0 Å². The summed E-state index contributed by atoms with van der Waals surface area (Å²) in [4.78, 5) is 0. The Labute approximate surface area is 43.4 Å². The molecule has 1 aliphatic heterocycles. The van der Waals surface area contributed by atoms with Crippen LogP contribution in [0, 0.1) is 0 Å². The number of nitrogens with zero attached hydrogens (tertiary/aromatic N) is 1. The summed E-state index contributed by atoms with van der Waals surface area (Å²) in [6, 6.07) is 0. The maximum absolute atomic E-state index is 5.06. The third kappa shape index (κ3) is 1.27. The summed E-state index contributed by atoms with van der Waals surface area (Å²) in [6.45, 7) is 7.42. The third-order valence-electron chi connectivity index (χ3n) is 1.10. The molecule has 1 rings (SSSR count).